The van der Waals surface area contributed by atoms with Crippen LogP contribution in [0.3, 0.4) is 0 Å². The number of benzene rings is 1. The standard InChI is InChI=1S/C22H25ClN4O2/c23-18-5-1-3-16(7-18)10-25-13-22(14-25)15-26(11-19-8-20(28)12-27(19)22)21(29)17-4-2-6-24-9-17/h1-7,9,19-20,28H,8,10-15H2/t19-,20+/m0/s1. The van der Waals surface area contributed by atoms with Gasteiger partial charge in [0, 0.05) is 62.7 Å². The van der Waals surface area contributed by atoms with E-state index in [0.717, 1.165) is 31.1 Å². The minimum Gasteiger partial charge on any atom is -0.392 e. The maximum Gasteiger partial charge on any atom is 0.255 e. The average Bonchev–Trinajstić information content (AvgIpc) is 3.07. The van der Waals surface area contributed by atoms with Crippen LogP contribution >= 0.6 is 11.6 Å². The molecule has 1 aromatic heterocycles. The fourth-order valence-corrected chi connectivity index (χ4v) is 5.52. The van der Waals surface area contributed by atoms with Gasteiger partial charge in [0.05, 0.1) is 17.2 Å². The first-order chi connectivity index (χ1) is 14.0. The number of aromatic nitrogens is 1. The van der Waals surface area contributed by atoms with Crippen LogP contribution in [0.25, 0.3) is 0 Å². The van der Waals surface area contributed by atoms with Crippen LogP contribution in [0.5, 0.6) is 0 Å². The Balaban J connectivity index is 1.33. The van der Waals surface area contributed by atoms with Crippen LogP contribution < -0.4 is 0 Å². The lowest BCUT2D eigenvalue weighted by atomic mass is 9.83. The Bertz CT molecular complexity index is 903. The molecule has 1 N–H and O–H groups in total. The van der Waals surface area contributed by atoms with Gasteiger partial charge in [-0.15, -0.1) is 0 Å². The number of nitrogens with zero attached hydrogens (tertiary/aromatic N) is 4. The second-order valence-corrected chi connectivity index (χ2v) is 9.06. The van der Waals surface area contributed by atoms with Crippen molar-refractivity contribution in [2.24, 2.45) is 0 Å². The van der Waals surface area contributed by atoms with Gasteiger partial charge in [-0.1, -0.05) is 23.7 Å². The number of halogens is 1. The summed E-state index contributed by atoms with van der Waals surface area (Å²) >= 11 is 6.13. The van der Waals surface area contributed by atoms with Crippen molar-refractivity contribution in [3.05, 3.63) is 64.9 Å². The maximum absolute atomic E-state index is 13.1. The van der Waals surface area contributed by atoms with E-state index in [1.54, 1.807) is 18.5 Å². The molecular formula is C22H25ClN4O2. The highest BCUT2D eigenvalue weighted by Gasteiger charge is 2.56. The number of carbonyl (C=O) groups is 1. The Morgan fingerprint density at radius 3 is 2.83 bits per heavy atom. The topological polar surface area (TPSA) is 59.9 Å². The number of pyridine rings is 1. The smallest absolute Gasteiger partial charge is 0.255 e. The van der Waals surface area contributed by atoms with Crippen molar-refractivity contribution < 1.29 is 9.90 Å². The first-order valence-electron chi connectivity index (χ1n) is 10.1. The molecule has 3 aliphatic rings. The van der Waals surface area contributed by atoms with Gasteiger partial charge >= 0.3 is 0 Å². The van der Waals surface area contributed by atoms with Crippen LogP contribution in [0.15, 0.2) is 48.8 Å². The molecule has 0 bridgehead atoms. The molecule has 5 rings (SSSR count). The predicted molar refractivity (Wildman–Crippen MR) is 111 cm³/mol. The number of hydrogen-bond donors (Lipinski definition) is 1. The predicted octanol–water partition coefficient (Wildman–Crippen LogP) is 1.88. The van der Waals surface area contributed by atoms with Gasteiger partial charge in [0.15, 0.2) is 0 Å². The van der Waals surface area contributed by atoms with E-state index in [9.17, 15) is 9.90 Å². The van der Waals surface area contributed by atoms with Crippen molar-refractivity contribution in [1.82, 2.24) is 19.7 Å². The zero-order chi connectivity index (χ0) is 20.0. The summed E-state index contributed by atoms with van der Waals surface area (Å²) < 4.78 is 0. The monoisotopic (exact) mass is 412 g/mol. The summed E-state index contributed by atoms with van der Waals surface area (Å²) in [5.74, 6) is 0.0341. The van der Waals surface area contributed by atoms with Crippen molar-refractivity contribution in [2.45, 2.75) is 30.7 Å². The summed E-state index contributed by atoms with van der Waals surface area (Å²) in [6.07, 6.45) is 3.74. The SMILES string of the molecule is O=C(c1cccnc1)N1C[C@@H]2C[C@@H](O)CN2C2(CN(Cc3cccc(Cl)c3)C2)C1. The second kappa shape index (κ2) is 7.36. The number of hydrogen-bond acceptors (Lipinski definition) is 5. The third-order valence-electron chi connectivity index (χ3n) is 6.44. The van der Waals surface area contributed by atoms with Crippen LogP contribution in [-0.4, -0.2) is 81.1 Å². The van der Waals surface area contributed by atoms with Gasteiger partial charge in [0.1, 0.15) is 0 Å². The second-order valence-electron chi connectivity index (χ2n) is 8.62. The quantitative estimate of drug-likeness (QED) is 0.834. The molecule has 7 heteroatoms. The molecule has 3 aliphatic heterocycles. The van der Waals surface area contributed by atoms with Crippen molar-refractivity contribution >= 4 is 17.5 Å². The van der Waals surface area contributed by atoms with Crippen molar-refractivity contribution in [3.63, 3.8) is 0 Å². The number of carbonyl (C=O) groups excluding carboxylic acids is 1. The summed E-state index contributed by atoms with van der Waals surface area (Å²) in [6.45, 7) is 4.68. The highest BCUT2D eigenvalue weighted by Crippen LogP contribution is 2.39. The number of aliphatic hydroxyl groups excluding tert-OH is 1. The van der Waals surface area contributed by atoms with E-state index in [4.69, 9.17) is 11.6 Å². The number of likely N-dealkylation sites (tertiary alicyclic amines) is 1. The van der Waals surface area contributed by atoms with Crippen molar-refractivity contribution in [1.29, 1.82) is 0 Å². The van der Waals surface area contributed by atoms with Crippen molar-refractivity contribution in [2.75, 3.05) is 32.7 Å². The minimum absolute atomic E-state index is 0.0341. The van der Waals surface area contributed by atoms with E-state index >= 15 is 0 Å². The summed E-state index contributed by atoms with van der Waals surface area (Å²) in [4.78, 5) is 24.0. The summed E-state index contributed by atoms with van der Waals surface area (Å²) in [5.41, 5.74) is 1.74. The largest absolute Gasteiger partial charge is 0.392 e. The van der Waals surface area contributed by atoms with Crippen LogP contribution in [0.4, 0.5) is 0 Å². The van der Waals surface area contributed by atoms with E-state index in [0.29, 0.717) is 25.2 Å². The van der Waals surface area contributed by atoms with Gasteiger partial charge < -0.3 is 10.0 Å². The van der Waals surface area contributed by atoms with Crippen LogP contribution in [0.2, 0.25) is 5.02 Å². The van der Waals surface area contributed by atoms with Crippen LogP contribution in [0.1, 0.15) is 22.3 Å². The minimum atomic E-state index is -0.313. The molecule has 4 heterocycles. The zero-order valence-corrected chi connectivity index (χ0v) is 17.0. The molecule has 0 radical (unpaired) electrons. The molecule has 29 heavy (non-hydrogen) atoms. The van der Waals surface area contributed by atoms with E-state index in [1.807, 2.05) is 29.2 Å². The molecule has 3 fully saturated rings. The van der Waals surface area contributed by atoms with Crippen LogP contribution in [-0.2, 0) is 6.54 Å². The fraction of sp³-hybridized carbons (Fsp3) is 0.455. The van der Waals surface area contributed by atoms with Gasteiger partial charge in [-0.3, -0.25) is 19.6 Å². The zero-order valence-electron chi connectivity index (χ0n) is 16.2. The molecule has 2 aromatic rings. The Morgan fingerprint density at radius 2 is 2.07 bits per heavy atom. The molecule has 3 saturated heterocycles. The molecule has 1 amide bonds. The Hall–Kier alpha value is -1.99. The molecule has 1 aromatic carbocycles. The lowest BCUT2D eigenvalue weighted by molar-refractivity contribution is -0.108. The number of β-amino-alcohol motifs (C(OH)–C–C–N with tert-alkyl or cyclic N) is 1. The molecule has 1 spiro atoms. The van der Waals surface area contributed by atoms with Gasteiger partial charge in [-0.05, 0) is 36.2 Å². The molecule has 2 atom stereocenters. The first-order valence-corrected chi connectivity index (χ1v) is 10.5. The summed E-state index contributed by atoms with van der Waals surface area (Å²) in [7, 11) is 0. The normalized spacial score (nSPS) is 26.3. The Morgan fingerprint density at radius 1 is 1.21 bits per heavy atom. The van der Waals surface area contributed by atoms with Crippen LogP contribution in [0, 0.1) is 0 Å². The lowest BCUT2D eigenvalue weighted by Crippen LogP contribution is -2.78. The highest BCUT2D eigenvalue weighted by atomic mass is 35.5. The highest BCUT2D eigenvalue weighted by molar-refractivity contribution is 6.30. The van der Waals surface area contributed by atoms with E-state index in [-0.39, 0.29) is 23.6 Å². The maximum atomic E-state index is 13.1. The molecule has 0 saturated carbocycles. The summed E-state index contributed by atoms with van der Waals surface area (Å²) in [5, 5.41) is 11.1. The first kappa shape index (κ1) is 19.0. The number of aliphatic hydroxyl groups is 1. The van der Waals surface area contributed by atoms with Gasteiger partial charge in [-0.25, -0.2) is 0 Å². The van der Waals surface area contributed by atoms with Gasteiger partial charge in [0.2, 0.25) is 0 Å². The molecule has 152 valence electrons. The number of amides is 1. The number of rotatable bonds is 3. The fourth-order valence-electron chi connectivity index (χ4n) is 5.31. The average molecular weight is 413 g/mol. The number of piperazine rings is 1. The summed E-state index contributed by atoms with van der Waals surface area (Å²) in [6, 6.07) is 11.8. The molecular weight excluding hydrogens is 388 g/mol. The Labute approximate surface area is 175 Å². The third kappa shape index (κ3) is 3.55. The van der Waals surface area contributed by atoms with E-state index in [2.05, 4.69) is 20.9 Å². The molecule has 0 unspecified atom stereocenters. The molecule has 0 aliphatic carbocycles. The lowest BCUT2D eigenvalue weighted by Gasteiger charge is -2.61. The van der Waals surface area contributed by atoms with Gasteiger partial charge in [0.25, 0.3) is 5.91 Å². The Kier molecular flexibility index (Phi) is 4.82. The molecule has 6 nitrogen and oxygen atoms in total. The van der Waals surface area contributed by atoms with Gasteiger partial charge in [-0.2, -0.15) is 0 Å². The van der Waals surface area contributed by atoms with Crippen molar-refractivity contribution in [3.8, 4) is 0 Å². The van der Waals surface area contributed by atoms with E-state index in [1.165, 1.54) is 5.56 Å². The third-order valence-corrected chi connectivity index (χ3v) is 6.68. The van der Waals surface area contributed by atoms with E-state index < -0.39 is 0 Å². The number of fused-ring (bicyclic) bond motifs is 2.